The Morgan fingerprint density at radius 1 is 1.47 bits per heavy atom. The van der Waals surface area contributed by atoms with Crippen LogP contribution in [0.2, 0.25) is 0 Å². The van der Waals surface area contributed by atoms with Gasteiger partial charge in [0.1, 0.15) is 9.88 Å². The fraction of sp³-hybridized carbons (Fsp3) is 0.0909. The third-order valence-corrected chi connectivity index (χ3v) is 4.00. The van der Waals surface area contributed by atoms with E-state index in [1.165, 1.54) is 0 Å². The molecule has 0 spiro atoms. The Balaban J connectivity index is 2.54. The molecular weight excluding hydrogens is 304 g/mol. The van der Waals surface area contributed by atoms with Crippen LogP contribution >= 0.6 is 27.3 Å². The fourth-order valence-corrected chi connectivity index (χ4v) is 2.98. The van der Waals surface area contributed by atoms with Crippen LogP contribution in [0, 0.1) is 0 Å². The highest BCUT2D eigenvalue weighted by atomic mass is 79.9. The minimum atomic E-state index is -0.985. The van der Waals surface area contributed by atoms with E-state index in [0.717, 1.165) is 21.4 Å². The van der Waals surface area contributed by atoms with Crippen LogP contribution in [0.1, 0.15) is 15.4 Å². The van der Waals surface area contributed by atoms with Crippen molar-refractivity contribution in [3.05, 3.63) is 39.3 Å². The molecule has 0 aliphatic rings. The lowest BCUT2D eigenvalue weighted by molar-refractivity contribution is 0.0700. The van der Waals surface area contributed by atoms with Crippen molar-refractivity contribution < 1.29 is 9.90 Å². The Labute approximate surface area is 110 Å². The third-order valence-electron chi connectivity index (χ3n) is 2.19. The summed E-state index contributed by atoms with van der Waals surface area (Å²) < 4.78 is 0.884. The predicted molar refractivity (Wildman–Crippen MR) is 70.1 cm³/mol. The van der Waals surface area contributed by atoms with Gasteiger partial charge in [-0.3, -0.25) is 0 Å². The van der Waals surface area contributed by atoms with Crippen LogP contribution in [0.15, 0.2) is 28.7 Å². The number of carbonyl (C=O) groups is 1. The van der Waals surface area contributed by atoms with Crippen molar-refractivity contribution in [2.24, 2.45) is 5.73 Å². The molecule has 1 aromatic carbocycles. The smallest absolute Gasteiger partial charge is 0.347 e. The maximum Gasteiger partial charge on any atom is 0.347 e. The number of nitrogens with two attached hydrogens (primary N) is 1. The molecule has 0 saturated carbocycles. The minimum absolute atomic E-state index is 0.128. The number of carboxylic acids is 1. The lowest BCUT2D eigenvalue weighted by Gasteiger charge is -1.98. The van der Waals surface area contributed by atoms with Crippen molar-refractivity contribution in [1.29, 1.82) is 0 Å². The van der Waals surface area contributed by atoms with Crippen LogP contribution in [0.5, 0.6) is 0 Å². The quantitative estimate of drug-likeness (QED) is 0.913. The van der Waals surface area contributed by atoms with Gasteiger partial charge >= 0.3 is 5.97 Å². The average Bonchev–Trinajstić information content (AvgIpc) is 2.73. The molecular formula is C11H9BrN2O2S. The Bertz CT molecular complexity index is 568. The maximum atomic E-state index is 11.0. The van der Waals surface area contributed by atoms with Crippen molar-refractivity contribution in [1.82, 2.24) is 4.98 Å². The number of hydrogen-bond acceptors (Lipinski definition) is 4. The molecule has 0 saturated heterocycles. The summed E-state index contributed by atoms with van der Waals surface area (Å²) in [7, 11) is 0. The molecule has 0 bridgehead atoms. The molecule has 4 nitrogen and oxygen atoms in total. The average molecular weight is 313 g/mol. The van der Waals surface area contributed by atoms with E-state index in [1.54, 1.807) is 0 Å². The topological polar surface area (TPSA) is 76.2 Å². The lowest BCUT2D eigenvalue weighted by Crippen LogP contribution is -2.04. The molecule has 0 unspecified atom stereocenters. The van der Waals surface area contributed by atoms with E-state index < -0.39 is 5.97 Å². The minimum Gasteiger partial charge on any atom is -0.477 e. The summed E-state index contributed by atoms with van der Waals surface area (Å²) in [4.78, 5) is 15.5. The summed E-state index contributed by atoms with van der Waals surface area (Å²) in [6.45, 7) is 0.128. The zero-order valence-electron chi connectivity index (χ0n) is 8.68. The molecule has 17 heavy (non-hydrogen) atoms. The van der Waals surface area contributed by atoms with E-state index in [9.17, 15) is 4.79 Å². The van der Waals surface area contributed by atoms with Gasteiger partial charge in [-0.15, -0.1) is 11.3 Å². The first kappa shape index (κ1) is 12.2. The predicted octanol–water partition coefficient (Wildman–Crippen LogP) is 2.73. The molecule has 6 heteroatoms. The van der Waals surface area contributed by atoms with Crippen LogP contribution < -0.4 is 5.73 Å². The number of thiazole rings is 1. The molecule has 0 atom stereocenters. The van der Waals surface area contributed by atoms with Gasteiger partial charge in [0.2, 0.25) is 0 Å². The number of aromatic nitrogens is 1. The van der Waals surface area contributed by atoms with Crippen LogP contribution in [-0.4, -0.2) is 16.1 Å². The Morgan fingerprint density at radius 3 is 2.71 bits per heavy atom. The SMILES string of the molecule is NCc1nc(-c2ccccc2Br)sc1C(=O)O. The summed E-state index contributed by atoms with van der Waals surface area (Å²) in [5.74, 6) is -0.985. The largest absolute Gasteiger partial charge is 0.477 e. The van der Waals surface area contributed by atoms with Crippen molar-refractivity contribution >= 4 is 33.2 Å². The molecule has 1 heterocycles. The first-order chi connectivity index (χ1) is 8.13. The van der Waals surface area contributed by atoms with E-state index in [0.29, 0.717) is 10.7 Å². The van der Waals surface area contributed by atoms with Crippen molar-refractivity contribution in [2.75, 3.05) is 0 Å². The molecule has 88 valence electrons. The molecule has 0 radical (unpaired) electrons. The van der Waals surface area contributed by atoms with Crippen LogP contribution in [-0.2, 0) is 6.54 Å². The summed E-state index contributed by atoms with van der Waals surface area (Å²) in [6.07, 6.45) is 0. The standard InChI is InChI=1S/C11H9BrN2O2S/c12-7-4-2-1-3-6(7)10-14-8(5-13)9(17-10)11(15)16/h1-4H,5,13H2,(H,15,16). The van der Waals surface area contributed by atoms with Crippen molar-refractivity contribution in [2.45, 2.75) is 6.54 Å². The van der Waals surface area contributed by atoms with Crippen molar-refractivity contribution in [3.63, 3.8) is 0 Å². The van der Waals surface area contributed by atoms with E-state index in [2.05, 4.69) is 20.9 Å². The molecule has 0 fully saturated rings. The fourth-order valence-electron chi connectivity index (χ4n) is 1.41. The normalized spacial score (nSPS) is 10.5. The van der Waals surface area contributed by atoms with Gasteiger partial charge in [0.05, 0.1) is 5.69 Å². The second kappa shape index (κ2) is 4.95. The van der Waals surface area contributed by atoms with E-state index in [1.807, 2.05) is 24.3 Å². The molecule has 2 rings (SSSR count). The first-order valence-corrected chi connectivity index (χ1v) is 6.42. The Morgan fingerprint density at radius 2 is 2.18 bits per heavy atom. The van der Waals surface area contributed by atoms with Gasteiger partial charge in [-0.05, 0) is 6.07 Å². The number of halogens is 1. The van der Waals surface area contributed by atoms with Crippen LogP contribution in [0.3, 0.4) is 0 Å². The van der Waals surface area contributed by atoms with Gasteiger partial charge < -0.3 is 10.8 Å². The zero-order chi connectivity index (χ0) is 12.4. The Kier molecular flexibility index (Phi) is 3.56. The van der Waals surface area contributed by atoms with Gasteiger partial charge in [0, 0.05) is 16.6 Å². The summed E-state index contributed by atoms with van der Waals surface area (Å²) in [5, 5.41) is 9.69. The monoisotopic (exact) mass is 312 g/mol. The number of nitrogens with zero attached hydrogens (tertiary/aromatic N) is 1. The van der Waals surface area contributed by atoms with E-state index in [4.69, 9.17) is 10.8 Å². The lowest BCUT2D eigenvalue weighted by atomic mass is 10.2. The second-order valence-corrected chi connectivity index (χ2v) is 5.14. The molecule has 0 aliphatic heterocycles. The second-order valence-electron chi connectivity index (χ2n) is 3.28. The summed E-state index contributed by atoms with van der Waals surface area (Å²) in [6, 6.07) is 7.54. The number of rotatable bonds is 3. The molecule has 3 N–H and O–H groups in total. The molecule has 1 aromatic heterocycles. The maximum absolute atomic E-state index is 11.0. The Hall–Kier alpha value is -1.24. The van der Waals surface area contributed by atoms with E-state index in [-0.39, 0.29) is 11.4 Å². The molecule has 2 aromatic rings. The first-order valence-electron chi connectivity index (χ1n) is 4.81. The van der Waals surface area contributed by atoms with Gasteiger partial charge in [-0.1, -0.05) is 34.1 Å². The zero-order valence-corrected chi connectivity index (χ0v) is 11.1. The third kappa shape index (κ3) is 2.38. The highest BCUT2D eigenvalue weighted by Crippen LogP contribution is 2.32. The highest BCUT2D eigenvalue weighted by Gasteiger charge is 2.17. The van der Waals surface area contributed by atoms with E-state index >= 15 is 0 Å². The number of carboxylic acid groups (broad SMARTS) is 1. The number of hydrogen-bond donors (Lipinski definition) is 2. The highest BCUT2D eigenvalue weighted by molar-refractivity contribution is 9.10. The molecule has 0 amide bonds. The van der Waals surface area contributed by atoms with Gasteiger partial charge in [-0.25, -0.2) is 9.78 Å². The van der Waals surface area contributed by atoms with Crippen LogP contribution in [0.25, 0.3) is 10.6 Å². The van der Waals surface area contributed by atoms with Crippen LogP contribution in [0.4, 0.5) is 0 Å². The number of aromatic carboxylic acids is 1. The van der Waals surface area contributed by atoms with Gasteiger partial charge in [-0.2, -0.15) is 0 Å². The summed E-state index contributed by atoms with van der Waals surface area (Å²) in [5.41, 5.74) is 6.79. The summed E-state index contributed by atoms with van der Waals surface area (Å²) >= 11 is 4.55. The molecule has 0 aliphatic carbocycles. The number of benzene rings is 1. The van der Waals surface area contributed by atoms with Gasteiger partial charge in [0.15, 0.2) is 0 Å². The van der Waals surface area contributed by atoms with Gasteiger partial charge in [0.25, 0.3) is 0 Å². The van der Waals surface area contributed by atoms with Crippen molar-refractivity contribution in [3.8, 4) is 10.6 Å².